The number of hydrogen-bond donors (Lipinski definition) is 3. The molecule has 1 heterocycles. The molecule has 76 valence electrons. The van der Waals surface area contributed by atoms with Crippen LogP contribution in [0.2, 0.25) is 0 Å². The normalized spacial score (nSPS) is 26.7. The zero-order chi connectivity index (χ0) is 10.0. The van der Waals surface area contributed by atoms with Gasteiger partial charge in [0.25, 0.3) is 0 Å². The summed E-state index contributed by atoms with van der Waals surface area (Å²) >= 11 is 0. The summed E-state index contributed by atoms with van der Waals surface area (Å²) in [7, 11) is 0. The van der Waals surface area contributed by atoms with E-state index in [1.54, 1.807) is 0 Å². The maximum atomic E-state index is 10.3. The maximum absolute atomic E-state index is 10.3. The van der Waals surface area contributed by atoms with Gasteiger partial charge in [0, 0.05) is 13.1 Å². The van der Waals surface area contributed by atoms with Gasteiger partial charge < -0.3 is 16.2 Å². The summed E-state index contributed by atoms with van der Waals surface area (Å²) in [6.07, 6.45) is 0.779. The van der Waals surface area contributed by atoms with Crippen molar-refractivity contribution in [1.29, 1.82) is 0 Å². The topological polar surface area (TPSA) is 58.3 Å². The Morgan fingerprint density at radius 1 is 1.50 bits per heavy atom. The van der Waals surface area contributed by atoms with Gasteiger partial charge in [0.15, 0.2) is 0 Å². The largest absolute Gasteiger partial charge is 0.384 e. The lowest BCUT2D eigenvalue weighted by molar-refractivity contribution is 0.0587. The third kappa shape index (κ3) is 1.66. The lowest BCUT2D eigenvalue weighted by Gasteiger charge is -2.22. The van der Waals surface area contributed by atoms with Gasteiger partial charge in [-0.2, -0.15) is 0 Å². The highest BCUT2D eigenvalue weighted by atomic mass is 16.3. The second kappa shape index (κ2) is 3.69. The number of benzene rings is 1. The summed E-state index contributed by atoms with van der Waals surface area (Å²) in [6, 6.07) is 7.89. The molecule has 0 aromatic heterocycles. The average molecular weight is 192 g/mol. The molecule has 3 heteroatoms. The van der Waals surface area contributed by atoms with Crippen LogP contribution in [-0.2, 0) is 12.1 Å². The van der Waals surface area contributed by atoms with Gasteiger partial charge in [-0.15, -0.1) is 0 Å². The zero-order valence-electron chi connectivity index (χ0n) is 8.16. The van der Waals surface area contributed by atoms with Gasteiger partial charge in [0.05, 0.1) is 0 Å². The van der Waals surface area contributed by atoms with Gasteiger partial charge in [-0.05, 0) is 24.1 Å². The monoisotopic (exact) mass is 192 g/mol. The number of hydrogen-bond acceptors (Lipinski definition) is 3. The molecule has 1 aliphatic heterocycles. The lowest BCUT2D eigenvalue weighted by Crippen LogP contribution is -2.28. The van der Waals surface area contributed by atoms with E-state index in [4.69, 9.17) is 5.73 Å². The summed E-state index contributed by atoms with van der Waals surface area (Å²) in [5.41, 5.74) is 6.92. The molecule has 3 nitrogen and oxygen atoms in total. The molecule has 1 unspecified atom stereocenters. The number of rotatable bonds is 2. The molecule has 4 N–H and O–H groups in total. The smallest absolute Gasteiger partial charge is 0.103 e. The molecule has 1 aliphatic rings. The van der Waals surface area contributed by atoms with Crippen molar-refractivity contribution >= 4 is 0 Å². The standard InChI is InChI=1S/C11H16N2O/c12-7-9-2-1-3-10(6-9)11(14)4-5-13-8-11/h1-3,6,13-14H,4-5,7-8,12H2. The minimum Gasteiger partial charge on any atom is -0.384 e. The first kappa shape index (κ1) is 9.65. The first-order chi connectivity index (χ1) is 6.74. The number of aliphatic hydroxyl groups is 1. The predicted octanol–water partition coefficient (Wildman–Crippen LogP) is 0.326. The fourth-order valence-corrected chi connectivity index (χ4v) is 1.91. The zero-order valence-corrected chi connectivity index (χ0v) is 8.16. The molecule has 1 aromatic rings. The molecule has 0 spiro atoms. The van der Waals surface area contributed by atoms with Gasteiger partial charge in [-0.1, -0.05) is 24.3 Å². The SMILES string of the molecule is NCc1cccc(C2(O)CCNC2)c1. The van der Waals surface area contributed by atoms with Crippen molar-refractivity contribution in [3.63, 3.8) is 0 Å². The van der Waals surface area contributed by atoms with Crippen LogP contribution < -0.4 is 11.1 Å². The van der Waals surface area contributed by atoms with Crippen molar-refractivity contribution in [2.45, 2.75) is 18.6 Å². The average Bonchev–Trinajstić information content (AvgIpc) is 2.67. The quantitative estimate of drug-likeness (QED) is 0.632. The van der Waals surface area contributed by atoms with E-state index >= 15 is 0 Å². The van der Waals surface area contributed by atoms with Crippen LogP contribution >= 0.6 is 0 Å². The molecule has 0 radical (unpaired) electrons. The molecule has 1 aromatic carbocycles. The highest BCUT2D eigenvalue weighted by Crippen LogP contribution is 2.27. The molecule has 1 atom stereocenters. The van der Waals surface area contributed by atoms with Gasteiger partial charge in [0.1, 0.15) is 5.60 Å². The first-order valence-electron chi connectivity index (χ1n) is 4.97. The van der Waals surface area contributed by atoms with Crippen molar-refractivity contribution in [1.82, 2.24) is 5.32 Å². The van der Waals surface area contributed by atoms with Crippen molar-refractivity contribution in [3.05, 3.63) is 35.4 Å². The van der Waals surface area contributed by atoms with E-state index in [1.165, 1.54) is 0 Å². The van der Waals surface area contributed by atoms with Crippen LogP contribution in [0.4, 0.5) is 0 Å². The minimum atomic E-state index is -0.689. The Kier molecular flexibility index (Phi) is 2.54. The van der Waals surface area contributed by atoms with E-state index in [2.05, 4.69) is 5.32 Å². The third-order valence-corrected chi connectivity index (χ3v) is 2.83. The van der Waals surface area contributed by atoms with Crippen molar-refractivity contribution < 1.29 is 5.11 Å². The fourth-order valence-electron chi connectivity index (χ4n) is 1.91. The number of nitrogens with one attached hydrogen (secondary N) is 1. The molecule has 0 aliphatic carbocycles. The molecule has 1 saturated heterocycles. The van der Waals surface area contributed by atoms with Gasteiger partial charge in [-0.25, -0.2) is 0 Å². The molecule has 14 heavy (non-hydrogen) atoms. The highest BCUT2D eigenvalue weighted by Gasteiger charge is 2.32. The molecular weight excluding hydrogens is 176 g/mol. The Balaban J connectivity index is 2.30. The van der Waals surface area contributed by atoms with Crippen LogP contribution in [0.25, 0.3) is 0 Å². The van der Waals surface area contributed by atoms with Crippen molar-refractivity contribution in [3.8, 4) is 0 Å². The Bertz CT molecular complexity index is 319. The van der Waals surface area contributed by atoms with Gasteiger partial charge in [0.2, 0.25) is 0 Å². The van der Waals surface area contributed by atoms with E-state index in [9.17, 15) is 5.11 Å². The third-order valence-electron chi connectivity index (χ3n) is 2.83. The Hall–Kier alpha value is -0.900. The molecule has 0 amide bonds. The molecule has 0 bridgehead atoms. The van der Waals surface area contributed by atoms with Crippen LogP contribution in [0.15, 0.2) is 24.3 Å². The van der Waals surface area contributed by atoms with E-state index in [-0.39, 0.29) is 0 Å². The number of nitrogens with two attached hydrogens (primary N) is 1. The van der Waals surface area contributed by atoms with Crippen molar-refractivity contribution in [2.75, 3.05) is 13.1 Å². The Labute approximate surface area is 83.9 Å². The van der Waals surface area contributed by atoms with Crippen LogP contribution in [-0.4, -0.2) is 18.2 Å². The lowest BCUT2D eigenvalue weighted by atomic mass is 9.92. The Morgan fingerprint density at radius 3 is 3.00 bits per heavy atom. The molecule has 0 saturated carbocycles. The van der Waals surface area contributed by atoms with E-state index in [0.29, 0.717) is 13.1 Å². The second-order valence-corrected chi connectivity index (χ2v) is 3.86. The molecule has 2 rings (SSSR count). The Morgan fingerprint density at radius 2 is 2.36 bits per heavy atom. The minimum absolute atomic E-state index is 0.525. The van der Waals surface area contributed by atoms with E-state index in [1.807, 2.05) is 24.3 Å². The summed E-state index contributed by atoms with van der Waals surface area (Å²) in [5.74, 6) is 0. The number of β-amino-alcohol motifs (C(OH)–C–C–N with tert-alkyl or cyclic N) is 1. The van der Waals surface area contributed by atoms with Crippen LogP contribution in [0.1, 0.15) is 17.5 Å². The summed E-state index contributed by atoms with van der Waals surface area (Å²) < 4.78 is 0. The van der Waals surface area contributed by atoms with Crippen molar-refractivity contribution in [2.24, 2.45) is 5.73 Å². The van der Waals surface area contributed by atoms with E-state index < -0.39 is 5.60 Å². The highest BCUT2D eigenvalue weighted by molar-refractivity contribution is 5.29. The second-order valence-electron chi connectivity index (χ2n) is 3.86. The summed E-state index contributed by atoms with van der Waals surface area (Å²) in [4.78, 5) is 0. The maximum Gasteiger partial charge on any atom is 0.103 e. The van der Waals surface area contributed by atoms with E-state index in [0.717, 1.165) is 24.1 Å². The van der Waals surface area contributed by atoms with Gasteiger partial charge in [-0.3, -0.25) is 0 Å². The van der Waals surface area contributed by atoms with Crippen LogP contribution in [0, 0.1) is 0 Å². The summed E-state index contributed by atoms with van der Waals surface area (Å²) in [5, 5.41) is 13.4. The van der Waals surface area contributed by atoms with Crippen LogP contribution in [0.5, 0.6) is 0 Å². The van der Waals surface area contributed by atoms with Crippen LogP contribution in [0.3, 0.4) is 0 Å². The summed E-state index contributed by atoms with van der Waals surface area (Å²) in [6.45, 7) is 2.04. The fraction of sp³-hybridized carbons (Fsp3) is 0.455. The first-order valence-corrected chi connectivity index (χ1v) is 4.97. The molecule has 1 fully saturated rings. The predicted molar refractivity (Wildman–Crippen MR) is 55.7 cm³/mol. The molecular formula is C11H16N2O. The van der Waals surface area contributed by atoms with Gasteiger partial charge >= 0.3 is 0 Å².